The van der Waals surface area contributed by atoms with Crippen molar-refractivity contribution in [1.82, 2.24) is 0 Å². The van der Waals surface area contributed by atoms with Gasteiger partial charge in [0.1, 0.15) is 0 Å². The molecule has 0 bridgehead atoms. The molecule has 0 aliphatic rings. The number of hydrogen-bond acceptors (Lipinski definition) is 2. The third kappa shape index (κ3) is 2.00. The first-order valence-electron chi connectivity index (χ1n) is 5.19. The van der Waals surface area contributed by atoms with Crippen LogP contribution in [0.3, 0.4) is 0 Å². The van der Waals surface area contributed by atoms with Crippen LogP contribution in [0.1, 0.15) is 26.3 Å². The van der Waals surface area contributed by atoms with Crippen LogP contribution >= 0.6 is 0 Å². The van der Waals surface area contributed by atoms with E-state index in [9.17, 15) is 0 Å². The first kappa shape index (κ1) is 10.9. The van der Waals surface area contributed by atoms with Crippen LogP contribution in [0.15, 0.2) is 18.2 Å². The summed E-state index contributed by atoms with van der Waals surface area (Å²) in [5, 5.41) is 0. The van der Waals surface area contributed by atoms with E-state index in [2.05, 4.69) is 37.8 Å². The number of nitrogen functional groups attached to an aromatic ring is 1. The highest BCUT2D eigenvalue weighted by Crippen LogP contribution is 2.27. The minimum absolute atomic E-state index is 0.490. The van der Waals surface area contributed by atoms with Crippen molar-refractivity contribution in [3.05, 3.63) is 23.8 Å². The number of aryl methyl sites for hydroxylation is 1. The average molecular weight is 192 g/mol. The van der Waals surface area contributed by atoms with E-state index in [0.717, 1.165) is 23.5 Å². The molecule has 2 heteroatoms. The number of rotatable bonds is 3. The lowest BCUT2D eigenvalue weighted by molar-refractivity contribution is 0.704. The number of nitrogens with zero attached hydrogens (tertiary/aromatic N) is 1. The van der Waals surface area contributed by atoms with Crippen molar-refractivity contribution < 1.29 is 0 Å². The van der Waals surface area contributed by atoms with Crippen LogP contribution in [-0.4, -0.2) is 12.6 Å². The summed E-state index contributed by atoms with van der Waals surface area (Å²) in [6.07, 6.45) is 0. The monoisotopic (exact) mass is 192 g/mol. The molecule has 0 fully saturated rings. The second-order valence-corrected chi connectivity index (χ2v) is 3.89. The molecule has 1 rings (SSSR count). The zero-order valence-corrected chi connectivity index (χ0v) is 9.54. The van der Waals surface area contributed by atoms with Crippen molar-refractivity contribution in [2.45, 2.75) is 33.7 Å². The van der Waals surface area contributed by atoms with Gasteiger partial charge in [0.25, 0.3) is 0 Å². The van der Waals surface area contributed by atoms with E-state index < -0.39 is 0 Å². The maximum atomic E-state index is 6.06. The van der Waals surface area contributed by atoms with Gasteiger partial charge in [-0.25, -0.2) is 0 Å². The molecule has 0 amide bonds. The normalized spacial score (nSPS) is 10.6. The van der Waals surface area contributed by atoms with Crippen LogP contribution in [0, 0.1) is 6.92 Å². The third-order valence-electron chi connectivity index (χ3n) is 2.57. The van der Waals surface area contributed by atoms with Crippen molar-refractivity contribution in [2.24, 2.45) is 0 Å². The van der Waals surface area contributed by atoms with Crippen molar-refractivity contribution >= 4 is 11.4 Å². The molecule has 14 heavy (non-hydrogen) atoms. The molecule has 0 saturated heterocycles. The molecular weight excluding hydrogens is 172 g/mol. The van der Waals surface area contributed by atoms with Gasteiger partial charge in [-0.3, -0.25) is 0 Å². The summed E-state index contributed by atoms with van der Waals surface area (Å²) >= 11 is 0. The molecule has 1 aromatic rings. The Kier molecular flexibility index (Phi) is 3.39. The molecule has 0 spiro atoms. The van der Waals surface area contributed by atoms with Crippen LogP contribution in [0.25, 0.3) is 0 Å². The maximum absolute atomic E-state index is 6.06. The molecule has 0 aliphatic heterocycles. The van der Waals surface area contributed by atoms with Gasteiger partial charge in [-0.05, 0) is 39.3 Å². The van der Waals surface area contributed by atoms with Crippen LogP contribution in [0.2, 0.25) is 0 Å². The van der Waals surface area contributed by atoms with E-state index in [4.69, 9.17) is 5.73 Å². The predicted molar refractivity (Wildman–Crippen MR) is 63.7 cm³/mol. The highest BCUT2D eigenvalue weighted by molar-refractivity contribution is 5.71. The smallest absolute Gasteiger partial charge is 0.0604 e. The Morgan fingerprint density at radius 1 is 1.36 bits per heavy atom. The van der Waals surface area contributed by atoms with E-state index in [1.165, 1.54) is 0 Å². The van der Waals surface area contributed by atoms with E-state index >= 15 is 0 Å². The third-order valence-corrected chi connectivity index (χ3v) is 2.57. The fraction of sp³-hybridized carbons (Fsp3) is 0.500. The van der Waals surface area contributed by atoms with Crippen molar-refractivity contribution in [1.29, 1.82) is 0 Å². The molecular formula is C12H20N2. The Hall–Kier alpha value is -1.18. The molecule has 0 atom stereocenters. The number of para-hydroxylation sites is 1. The molecule has 2 N–H and O–H groups in total. The summed E-state index contributed by atoms with van der Waals surface area (Å²) in [5.74, 6) is 0. The zero-order chi connectivity index (χ0) is 10.7. The zero-order valence-electron chi connectivity index (χ0n) is 9.54. The summed E-state index contributed by atoms with van der Waals surface area (Å²) < 4.78 is 0. The summed E-state index contributed by atoms with van der Waals surface area (Å²) in [5.41, 5.74) is 9.27. The highest BCUT2D eigenvalue weighted by atomic mass is 15.2. The Labute approximate surface area is 86.7 Å². The number of benzene rings is 1. The second kappa shape index (κ2) is 4.36. The van der Waals surface area contributed by atoms with Gasteiger partial charge in [-0.1, -0.05) is 12.1 Å². The molecule has 0 aliphatic carbocycles. The Balaban J connectivity index is 3.10. The number of hydrogen-bond donors (Lipinski definition) is 1. The summed E-state index contributed by atoms with van der Waals surface area (Å²) in [4.78, 5) is 2.31. The predicted octanol–water partition coefficient (Wildman–Crippen LogP) is 2.81. The molecule has 0 heterocycles. The van der Waals surface area contributed by atoms with Gasteiger partial charge >= 0.3 is 0 Å². The van der Waals surface area contributed by atoms with E-state index in [0.29, 0.717) is 6.04 Å². The van der Waals surface area contributed by atoms with Gasteiger partial charge in [-0.15, -0.1) is 0 Å². The van der Waals surface area contributed by atoms with Gasteiger partial charge in [0, 0.05) is 12.6 Å². The largest absolute Gasteiger partial charge is 0.397 e. The Morgan fingerprint density at radius 2 is 2.00 bits per heavy atom. The first-order valence-corrected chi connectivity index (χ1v) is 5.19. The fourth-order valence-corrected chi connectivity index (χ4v) is 1.73. The molecule has 0 radical (unpaired) electrons. The Bertz CT molecular complexity index is 305. The highest BCUT2D eigenvalue weighted by Gasteiger charge is 2.11. The van der Waals surface area contributed by atoms with Crippen LogP contribution in [-0.2, 0) is 0 Å². The molecule has 0 aromatic heterocycles. The van der Waals surface area contributed by atoms with Gasteiger partial charge in [-0.2, -0.15) is 0 Å². The summed E-state index contributed by atoms with van der Waals surface area (Å²) in [7, 11) is 0. The van der Waals surface area contributed by atoms with E-state index in [-0.39, 0.29) is 0 Å². The lowest BCUT2D eigenvalue weighted by atomic mass is 10.1. The fourth-order valence-electron chi connectivity index (χ4n) is 1.73. The summed E-state index contributed by atoms with van der Waals surface area (Å²) in [6.45, 7) is 9.57. The van der Waals surface area contributed by atoms with Gasteiger partial charge in [0.2, 0.25) is 0 Å². The molecule has 0 unspecified atom stereocenters. The molecule has 2 nitrogen and oxygen atoms in total. The molecule has 1 aromatic carbocycles. The van der Waals surface area contributed by atoms with Crippen LogP contribution in [0.4, 0.5) is 11.4 Å². The average Bonchev–Trinajstić information content (AvgIpc) is 2.13. The summed E-state index contributed by atoms with van der Waals surface area (Å²) in [6, 6.07) is 6.69. The molecule has 78 valence electrons. The van der Waals surface area contributed by atoms with Gasteiger partial charge in [0.05, 0.1) is 11.4 Å². The molecule has 0 saturated carbocycles. The van der Waals surface area contributed by atoms with Gasteiger partial charge in [0.15, 0.2) is 0 Å². The minimum atomic E-state index is 0.490. The van der Waals surface area contributed by atoms with Gasteiger partial charge < -0.3 is 10.6 Å². The first-order chi connectivity index (χ1) is 6.57. The van der Waals surface area contributed by atoms with E-state index in [1.807, 2.05) is 13.0 Å². The minimum Gasteiger partial charge on any atom is -0.397 e. The standard InChI is InChI=1S/C12H20N2/c1-5-14(9(2)3)11-8-6-7-10(4)12(11)13/h6-9H,5,13H2,1-4H3. The Morgan fingerprint density at radius 3 is 2.50 bits per heavy atom. The van der Waals surface area contributed by atoms with Crippen molar-refractivity contribution in [3.63, 3.8) is 0 Å². The van der Waals surface area contributed by atoms with Crippen molar-refractivity contribution in [3.8, 4) is 0 Å². The van der Waals surface area contributed by atoms with E-state index in [1.54, 1.807) is 0 Å². The SMILES string of the molecule is CCN(c1cccc(C)c1N)C(C)C. The lowest BCUT2D eigenvalue weighted by Gasteiger charge is -2.29. The van der Waals surface area contributed by atoms with Crippen LogP contribution in [0.5, 0.6) is 0 Å². The topological polar surface area (TPSA) is 29.3 Å². The number of anilines is 2. The number of nitrogens with two attached hydrogens (primary N) is 1. The maximum Gasteiger partial charge on any atom is 0.0604 e. The second-order valence-electron chi connectivity index (χ2n) is 3.89. The van der Waals surface area contributed by atoms with Crippen molar-refractivity contribution in [2.75, 3.05) is 17.2 Å². The van der Waals surface area contributed by atoms with Crippen LogP contribution < -0.4 is 10.6 Å². The lowest BCUT2D eigenvalue weighted by Crippen LogP contribution is -2.31. The quantitative estimate of drug-likeness (QED) is 0.746.